The van der Waals surface area contributed by atoms with Crippen LogP contribution in [-0.2, 0) is 20.9 Å². The van der Waals surface area contributed by atoms with Crippen molar-refractivity contribution in [3.8, 4) is 5.75 Å². The van der Waals surface area contributed by atoms with E-state index in [4.69, 9.17) is 9.47 Å². The minimum atomic E-state index is -0.671. The number of amides is 2. The number of nitrogens with zero attached hydrogens (tertiary/aromatic N) is 1. The number of carbonyl (C=O) groups excluding carboxylic acids is 3. The van der Waals surface area contributed by atoms with E-state index in [-0.39, 0.29) is 29.5 Å². The first-order chi connectivity index (χ1) is 15.0. The van der Waals surface area contributed by atoms with E-state index in [2.05, 4.69) is 5.32 Å². The lowest BCUT2D eigenvalue weighted by Gasteiger charge is -2.49. The molecule has 1 unspecified atom stereocenters. The zero-order valence-corrected chi connectivity index (χ0v) is 18.0. The number of hydrogen-bond donors (Lipinski definition) is 1. The number of esters is 1. The van der Waals surface area contributed by atoms with Crippen LogP contribution in [0.5, 0.6) is 5.75 Å². The average molecular weight is 439 g/mol. The highest BCUT2D eigenvalue weighted by Crippen LogP contribution is 2.40. The Bertz CT molecular complexity index is 1040. The molecule has 160 valence electrons. The lowest BCUT2D eigenvalue weighted by atomic mass is 10.0. The van der Waals surface area contributed by atoms with Gasteiger partial charge in [-0.1, -0.05) is 30.3 Å². The molecule has 1 saturated heterocycles. The predicted octanol–water partition coefficient (Wildman–Crippen LogP) is 2.73. The van der Waals surface area contributed by atoms with Crippen molar-refractivity contribution < 1.29 is 23.9 Å². The van der Waals surface area contributed by atoms with Gasteiger partial charge >= 0.3 is 5.97 Å². The average Bonchev–Trinajstić information content (AvgIpc) is 2.81. The number of nitrogens with one attached hydrogen (secondary N) is 1. The first kappa shape index (κ1) is 21.0. The van der Waals surface area contributed by atoms with Crippen molar-refractivity contribution in [1.29, 1.82) is 0 Å². The Labute approximate surface area is 184 Å². The van der Waals surface area contributed by atoms with Gasteiger partial charge < -0.3 is 14.8 Å². The molecule has 0 radical (unpaired) electrons. The van der Waals surface area contributed by atoms with Crippen molar-refractivity contribution in [1.82, 2.24) is 10.2 Å². The summed E-state index contributed by atoms with van der Waals surface area (Å²) in [5, 5.41) is 2.46. The maximum atomic E-state index is 12.8. The van der Waals surface area contributed by atoms with Gasteiger partial charge in [0.15, 0.2) is 0 Å². The van der Waals surface area contributed by atoms with Gasteiger partial charge in [0.2, 0.25) is 0 Å². The predicted molar refractivity (Wildman–Crippen MR) is 116 cm³/mol. The maximum absolute atomic E-state index is 12.8. The number of β-lactam (4-membered cyclic amide) rings is 1. The van der Waals surface area contributed by atoms with E-state index < -0.39 is 12.0 Å². The molecule has 0 bridgehead atoms. The fourth-order valence-corrected chi connectivity index (χ4v) is 4.81. The van der Waals surface area contributed by atoms with Gasteiger partial charge in [-0.25, -0.2) is 4.79 Å². The van der Waals surface area contributed by atoms with Gasteiger partial charge in [0.05, 0.1) is 7.11 Å². The zero-order valence-electron chi connectivity index (χ0n) is 17.2. The summed E-state index contributed by atoms with van der Waals surface area (Å²) in [4.78, 5) is 39.5. The molecule has 7 nitrogen and oxygen atoms in total. The molecule has 2 heterocycles. The van der Waals surface area contributed by atoms with Gasteiger partial charge in [-0.3, -0.25) is 14.5 Å². The Morgan fingerprint density at radius 3 is 2.52 bits per heavy atom. The van der Waals surface area contributed by atoms with E-state index in [0.29, 0.717) is 11.3 Å². The van der Waals surface area contributed by atoms with Crippen LogP contribution in [0.1, 0.15) is 22.8 Å². The van der Waals surface area contributed by atoms with Crippen LogP contribution in [0.25, 0.3) is 0 Å². The van der Waals surface area contributed by atoms with Gasteiger partial charge in [-0.15, -0.1) is 11.8 Å². The van der Waals surface area contributed by atoms with Gasteiger partial charge in [0, 0.05) is 11.3 Å². The highest BCUT2D eigenvalue weighted by Gasteiger charge is 2.54. The molecule has 0 aliphatic carbocycles. The van der Waals surface area contributed by atoms with Crippen molar-refractivity contribution in [2.75, 3.05) is 12.9 Å². The first-order valence-electron chi connectivity index (χ1n) is 9.80. The van der Waals surface area contributed by atoms with E-state index >= 15 is 0 Å². The van der Waals surface area contributed by atoms with Crippen LogP contribution in [0, 0.1) is 0 Å². The van der Waals surface area contributed by atoms with E-state index in [0.717, 1.165) is 16.9 Å². The van der Waals surface area contributed by atoms with Crippen LogP contribution >= 0.6 is 11.8 Å². The summed E-state index contributed by atoms with van der Waals surface area (Å²) < 4.78 is 10.6. The van der Waals surface area contributed by atoms with Crippen LogP contribution in [0.3, 0.4) is 0 Å². The Hall–Kier alpha value is -3.26. The number of benzene rings is 2. The Morgan fingerprint density at radius 1 is 1.13 bits per heavy atom. The van der Waals surface area contributed by atoms with Crippen molar-refractivity contribution in [2.45, 2.75) is 24.9 Å². The smallest absolute Gasteiger partial charge is 0.355 e. The van der Waals surface area contributed by atoms with Crippen molar-refractivity contribution in [3.05, 3.63) is 77.0 Å². The molecule has 2 aromatic carbocycles. The van der Waals surface area contributed by atoms with E-state index in [1.807, 2.05) is 25.1 Å². The SMILES string of the molecule is COc1ccc(COC(=O)C2=C(C)CS[C@@H]3C(NC(=O)c4ccccc4)C(=O)N23)cc1. The highest BCUT2D eigenvalue weighted by atomic mass is 32.2. The minimum absolute atomic E-state index is 0.0909. The first-order valence-corrected chi connectivity index (χ1v) is 10.8. The largest absolute Gasteiger partial charge is 0.497 e. The van der Waals surface area contributed by atoms with E-state index in [9.17, 15) is 14.4 Å². The van der Waals surface area contributed by atoms with Crippen LogP contribution < -0.4 is 10.1 Å². The second kappa shape index (κ2) is 8.85. The number of fused-ring (bicyclic) bond motifs is 1. The Kier molecular flexibility index (Phi) is 5.99. The molecule has 2 amide bonds. The van der Waals surface area contributed by atoms with Crippen LogP contribution in [0.15, 0.2) is 65.9 Å². The molecular formula is C23H22N2O5S. The molecule has 8 heteroatoms. The monoisotopic (exact) mass is 438 g/mol. The molecule has 2 aromatic rings. The molecule has 4 rings (SSSR count). The standard InChI is InChI=1S/C23H22N2O5S/c1-14-13-31-22-18(24-20(26)16-6-4-3-5-7-16)21(27)25(22)19(14)23(28)30-12-15-8-10-17(29-2)11-9-15/h3-11,18,22H,12-13H2,1-2H3,(H,24,26)/t18?,22-/m1/s1. The maximum Gasteiger partial charge on any atom is 0.355 e. The Morgan fingerprint density at radius 2 is 1.84 bits per heavy atom. The quantitative estimate of drug-likeness (QED) is 0.552. The number of ether oxygens (including phenoxy) is 2. The van der Waals surface area contributed by atoms with Crippen molar-refractivity contribution in [3.63, 3.8) is 0 Å². The Balaban J connectivity index is 1.41. The summed E-state index contributed by atoms with van der Waals surface area (Å²) >= 11 is 1.52. The summed E-state index contributed by atoms with van der Waals surface area (Å²) in [5.41, 5.74) is 2.35. The summed E-state index contributed by atoms with van der Waals surface area (Å²) in [5.74, 6) is 0.140. The second-order valence-corrected chi connectivity index (χ2v) is 8.39. The molecule has 31 heavy (non-hydrogen) atoms. The third-order valence-electron chi connectivity index (χ3n) is 5.20. The number of rotatable bonds is 6. The molecule has 0 saturated carbocycles. The fraction of sp³-hybridized carbons (Fsp3) is 0.261. The molecule has 0 spiro atoms. The third-order valence-corrected chi connectivity index (χ3v) is 6.63. The van der Waals surface area contributed by atoms with Gasteiger partial charge in [-0.2, -0.15) is 0 Å². The second-order valence-electron chi connectivity index (χ2n) is 7.28. The highest BCUT2D eigenvalue weighted by molar-refractivity contribution is 8.00. The topological polar surface area (TPSA) is 84.9 Å². The van der Waals surface area contributed by atoms with Crippen molar-refractivity contribution >= 4 is 29.5 Å². The number of methoxy groups -OCH3 is 1. The summed E-state index contributed by atoms with van der Waals surface area (Å²) in [7, 11) is 1.58. The van der Waals surface area contributed by atoms with Gasteiger partial charge in [-0.05, 0) is 42.3 Å². The zero-order chi connectivity index (χ0) is 22.0. The van der Waals surface area contributed by atoms with Crippen LogP contribution in [0.2, 0.25) is 0 Å². The molecule has 1 N–H and O–H groups in total. The summed E-state index contributed by atoms with van der Waals surface area (Å²) in [6, 6.07) is 15.3. The van der Waals surface area contributed by atoms with Gasteiger partial charge in [0.1, 0.15) is 29.5 Å². The number of carbonyl (C=O) groups is 3. The third kappa shape index (κ3) is 4.16. The molecule has 0 aromatic heterocycles. The molecular weight excluding hydrogens is 416 g/mol. The van der Waals surface area contributed by atoms with Gasteiger partial charge in [0.25, 0.3) is 11.8 Å². The molecule has 1 fully saturated rings. The van der Waals surface area contributed by atoms with E-state index in [1.165, 1.54) is 16.7 Å². The van der Waals surface area contributed by atoms with Crippen LogP contribution in [0.4, 0.5) is 0 Å². The molecule has 2 aliphatic heterocycles. The van der Waals surface area contributed by atoms with E-state index in [1.54, 1.807) is 43.5 Å². The lowest BCUT2D eigenvalue weighted by molar-refractivity contribution is -0.152. The minimum Gasteiger partial charge on any atom is -0.497 e. The molecule has 2 aliphatic rings. The number of thioether (sulfide) groups is 1. The summed E-state index contributed by atoms with van der Waals surface area (Å²) in [6.07, 6.45) is 0. The normalized spacial score (nSPS) is 19.9. The fourth-order valence-electron chi connectivity index (χ4n) is 3.52. The summed E-state index contributed by atoms with van der Waals surface area (Å²) in [6.45, 7) is 1.91. The number of hydrogen-bond acceptors (Lipinski definition) is 6. The van der Waals surface area contributed by atoms with Crippen LogP contribution in [-0.4, -0.2) is 47.0 Å². The van der Waals surface area contributed by atoms with Crippen molar-refractivity contribution in [2.24, 2.45) is 0 Å². The lowest BCUT2D eigenvalue weighted by Crippen LogP contribution is -2.70. The molecule has 2 atom stereocenters.